The van der Waals surface area contributed by atoms with Crippen LogP contribution >= 0.6 is 11.6 Å². The molecular formula is C19H15ClF3NO4. The smallest absolute Gasteiger partial charge is 0.233 e. The number of halogens is 4. The molecule has 2 heterocycles. The van der Waals surface area contributed by atoms with Crippen LogP contribution in [0.4, 0.5) is 13.2 Å². The van der Waals surface area contributed by atoms with Crippen LogP contribution in [0.5, 0.6) is 17.4 Å². The summed E-state index contributed by atoms with van der Waals surface area (Å²) in [5, 5.41) is 0.0690. The first-order valence-electron chi connectivity index (χ1n) is 8.22. The van der Waals surface area contributed by atoms with Crippen LogP contribution in [0.1, 0.15) is 11.1 Å². The Bertz CT molecular complexity index is 903. The van der Waals surface area contributed by atoms with Crippen LogP contribution in [0, 0.1) is 5.82 Å². The predicted octanol–water partition coefficient (Wildman–Crippen LogP) is 4.11. The molecule has 3 rings (SSSR count). The summed E-state index contributed by atoms with van der Waals surface area (Å²) in [6, 6.07) is 4.16. The fraction of sp³-hybridized carbons (Fsp3) is 0.263. The number of carbonyl (C=O) groups is 1. The third kappa shape index (κ3) is 4.56. The Balaban J connectivity index is 1.69. The number of benzene rings is 1. The molecule has 9 heteroatoms. The van der Waals surface area contributed by atoms with Gasteiger partial charge in [0.05, 0.1) is 5.56 Å². The van der Waals surface area contributed by atoms with Gasteiger partial charge in [0.2, 0.25) is 5.88 Å². The quantitative estimate of drug-likeness (QED) is 0.609. The lowest BCUT2D eigenvalue weighted by Crippen LogP contribution is -2.21. The van der Waals surface area contributed by atoms with Crippen molar-refractivity contribution in [3.63, 3.8) is 0 Å². The summed E-state index contributed by atoms with van der Waals surface area (Å²) < 4.78 is 55.3. The number of rotatable bonds is 8. The van der Waals surface area contributed by atoms with Gasteiger partial charge in [-0.2, -0.15) is 0 Å². The van der Waals surface area contributed by atoms with Gasteiger partial charge >= 0.3 is 0 Å². The van der Waals surface area contributed by atoms with E-state index in [1.54, 1.807) is 0 Å². The van der Waals surface area contributed by atoms with Crippen molar-refractivity contribution in [1.29, 1.82) is 0 Å². The molecule has 0 radical (unpaired) electrons. The third-order valence-electron chi connectivity index (χ3n) is 3.83. The van der Waals surface area contributed by atoms with Gasteiger partial charge in [-0.05, 0) is 12.1 Å². The number of ether oxygens (including phenoxy) is 3. The molecular weight excluding hydrogens is 399 g/mol. The van der Waals surface area contributed by atoms with Crippen molar-refractivity contribution in [3.05, 3.63) is 51.9 Å². The zero-order valence-electron chi connectivity index (χ0n) is 14.5. The largest absolute Gasteiger partial charge is 0.489 e. The molecule has 0 atom stereocenters. The van der Waals surface area contributed by atoms with E-state index in [9.17, 15) is 18.0 Å². The van der Waals surface area contributed by atoms with Crippen molar-refractivity contribution < 1.29 is 32.2 Å². The Morgan fingerprint density at radius 2 is 2.07 bits per heavy atom. The Hall–Kier alpha value is -2.74. The molecule has 0 N–H and O–H groups in total. The summed E-state index contributed by atoms with van der Waals surface area (Å²) in [7, 11) is 0. The van der Waals surface area contributed by atoms with Gasteiger partial charge in [-0.15, -0.1) is 0 Å². The lowest BCUT2D eigenvalue weighted by molar-refractivity contribution is -0.105. The third-order valence-corrected chi connectivity index (χ3v) is 4.10. The number of nitrogens with zero attached hydrogens (tertiary/aromatic N) is 1. The summed E-state index contributed by atoms with van der Waals surface area (Å²) in [5.74, 6) is -0.193. The zero-order valence-corrected chi connectivity index (χ0v) is 15.2. The number of hydrogen-bond acceptors (Lipinski definition) is 5. The fourth-order valence-corrected chi connectivity index (χ4v) is 2.66. The summed E-state index contributed by atoms with van der Waals surface area (Å²) >= 11 is 6.01. The standard InChI is InChI=1S/C19H15ClF3NO4/c20-16-2-11(7-24-19(16)28-14(5-21)6-22)9-26-13-3-17(23)15-1-12(8-25)10-27-18(15)4-13/h1-4,7-8,14H,5-6,9-10H2. The highest BCUT2D eigenvalue weighted by Crippen LogP contribution is 2.33. The molecule has 1 aliphatic rings. The van der Waals surface area contributed by atoms with Gasteiger partial charge in [-0.25, -0.2) is 18.2 Å². The van der Waals surface area contributed by atoms with E-state index in [0.717, 1.165) is 0 Å². The SMILES string of the molecule is O=CC1=Cc2c(F)cc(OCc3cnc(OC(CF)CF)c(Cl)c3)cc2OC1. The average molecular weight is 414 g/mol. The van der Waals surface area contributed by atoms with E-state index in [1.165, 1.54) is 30.5 Å². The van der Waals surface area contributed by atoms with Gasteiger partial charge in [-0.3, -0.25) is 4.79 Å². The first-order chi connectivity index (χ1) is 13.5. The molecule has 148 valence electrons. The molecule has 0 amide bonds. The molecule has 0 spiro atoms. The topological polar surface area (TPSA) is 57.7 Å². The lowest BCUT2D eigenvalue weighted by Gasteiger charge is -2.17. The molecule has 2 aromatic rings. The highest BCUT2D eigenvalue weighted by Gasteiger charge is 2.18. The van der Waals surface area contributed by atoms with Crippen molar-refractivity contribution in [2.75, 3.05) is 20.0 Å². The van der Waals surface area contributed by atoms with Crippen LogP contribution in [0.3, 0.4) is 0 Å². The van der Waals surface area contributed by atoms with Gasteiger partial charge < -0.3 is 14.2 Å². The maximum atomic E-state index is 14.2. The van der Waals surface area contributed by atoms with E-state index >= 15 is 0 Å². The van der Waals surface area contributed by atoms with Gasteiger partial charge in [0.25, 0.3) is 0 Å². The van der Waals surface area contributed by atoms with Crippen LogP contribution in [0.15, 0.2) is 30.0 Å². The molecule has 0 fully saturated rings. The molecule has 28 heavy (non-hydrogen) atoms. The summed E-state index contributed by atoms with van der Waals surface area (Å²) in [6.45, 7) is -1.95. The first kappa shape index (κ1) is 20.0. The minimum atomic E-state index is -1.26. The van der Waals surface area contributed by atoms with E-state index in [1.807, 2.05) is 0 Å². The number of aromatic nitrogens is 1. The van der Waals surface area contributed by atoms with Crippen LogP contribution in [-0.2, 0) is 11.4 Å². The molecule has 1 aromatic heterocycles. The highest BCUT2D eigenvalue weighted by atomic mass is 35.5. The number of pyridine rings is 1. The Kier molecular flexibility index (Phi) is 6.41. The van der Waals surface area contributed by atoms with E-state index < -0.39 is 25.3 Å². The normalized spacial score (nSPS) is 12.8. The number of alkyl halides is 2. The van der Waals surface area contributed by atoms with Gasteiger partial charge in [0.15, 0.2) is 6.10 Å². The zero-order chi connectivity index (χ0) is 20.1. The molecule has 5 nitrogen and oxygen atoms in total. The second kappa shape index (κ2) is 8.97. The van der Waals surface area contributed by atoms with E-state index in [2.05, 4.69) is 4.98 Å². The summed E-state index contributed by atoms with van der Waals surface area (Å²) in [4.78, 5) is 14.7. The van der Waals surface area contributed by atoms with Crippen molar-refractivity contribution in [2.24, 2.45) is 0 Å². The molecule has 0 saturated heterocycles. The monoisotopic (exact) mass is 413 g/mol. The van der Waals surface area contributed by atoms with Gasteiger partial charge in [-0.1, -0.05) is 11.6 Å². The van der Waals surface area contributed by atoms with Gasteiger partial charge in [0.1, 0.15) is 55.2 Å². The summed E-state index contributed by atoms with van der Waals surface area (Å²) in [6.07, 6.45) is 2.15. The van der Waals surface area contributed by atoms with Crippen molar-refractivity contribution in [1.82, 2.24) is 4.98 Å². The highest BCUT2D eigenvalue weighted by molar-refractivity contribution is 6.31. The Morgan fingerprint density at radius 3 is 2.75 bits per heavy atom. The number of aldehydes is 1. The van der Waals surface area contributed by atoms with Crippen LogP contribution in [0.25, 0.3) is 6.08 Å². The van der Waals surface area contributed by atoms with Crippen molar-refractivity contribution in [2.45, 2.75) is 12.7 Å². The van der Waals surface area contributed by atoms with E-state index in [4.69, 9.17) is 25.8 Å². The number of fused-ring (bicyclic) bond motifs is 1. The molecule has 0 unspecified atom stereocenters. The molecule has 0 aliphatic carbocycles. The first-order valence-corrected chi connectivity index (χ1v) is 8.59. The van der Waals surface area contributed by atoms with Crippen LogP contribution in [0.2, 0.25) is 5.02 Å². The molecule has 0 bridgehead atoms. The molecule has 1 aromatic carbocycles. The van der Waals surface area contributed by atoms with Crippen LogP contribution in [-0.4, -0.2) is 37.3 Å². The number of hydrogen-bond donors (Lipinski definition) is 0. The Labute approximate surface area is 163 Å². The van der Waals surface area contributed by atoms with Gasteiger partial charge in [0, 0.05) is 29.5 Å². The minimum absolute atomic E-state index is 0.0102. The average Bonchev–Trinajstić information content (AvgIpc) is 2.71. The lowest BCUT2D eigenvalue weighted by atomic mass is 10.1. The van der Waals surface area contributed by atoms with E-state index in [0.29, 0.717) is 17.4 Å². The minimum Gasteiger partial charge on any atom is -0.489 e. The molecule has 0 saturated carbocycles. The molecule has 1 aliphatic heterocycles. The number of carbonyl (C=O) groups excluding carboxylic acids is 1. The Morgan fingerprint density at radius 1 is 1.29 bits per heavy atom. The maximum Gasteiger partial charge on any atom is 0.233 e. The van der Waals surface area contributed by atoms with Crippen molar-refractivity contribution in [3.8, 4) is 17.4 Å². The van der Waals surface area contributed by atoms with E-state index in [-0.39, 0.29) is 41.2 Å². The van der Waals surface area contributed by atoms with Crippen molar-refractivity contribution >= 4 is 24.0 Å². The second-order valence-corrected chi connectivity index (χ2v) is 6.32. The predicted molar refractivity (Wildman–Crippen MR) is 95.9 cm³/mol. The maximum absolute atomic E-state index is 14.2. The summed E-state index contributed by atoms with van der Waals surface area (Å²) in [5.41, 5.74) is 1.06. The fourth-order valence-electron chi connectivity index (χ4n) is 2.43. The van der Waals surface area contributed by atoms with Crippen LogP contribution < -0.4 is 14.2 Å². The second-order valence-electron chi connectivity index (χ2n) is 5.91.